The van der Waals surface area contributed by atoms with E-state index in [0.29, 0.717) is 18.4 Å². The summed E-state index contributed by atoms with van der Waals surface area (Å²) in [6.45, 7) is 1.90. The van der Waals surface area contributed by atoms with Gasteiger partial charge in [-0.2, -0.15) is 0 Å². The van der Waals surface area contributed by atoms with Crippen molar-refractivity contribution in [2.45, 2.75) is 32.7 Å². The molecule has 18 heavy (non-hydrogen) atoms. The topological polar surface area (TPSA) is 35.5 Å². The standard InChI is InChI=1S/C12H13F3O3/c1-2-3-11(16)17-8-9-4-6-10(7-5-9)18-12(13,14)15/h4-7H,2-3,8H2,1H3. The first-order valence-electron chi connectivity index (χ1n) is 5.41. The number of halogens is 3. The maximum Gasteiger partial charge on any atom is 0.573 e. The van der Waals surface area contributed by atoms with Crippen molar-refractivity contribution in [3.63, 3.8) is 0 Å². The lowest BCUT2D eigenvalue weighted by Crippen LogP contribution is -2.17. The van der Waals surface area contributed by atoms with E-state index in [1.165, 1.54) is 24.3 Å². The van der Waals surface area contributed by atoms with Crippen molar-refractivity contribution < 1.29 is 27.4 Å². The predicted octanol–water partition coefficient (Wildman–Crippen LogP) is 3.43. The van der Waals surface area contributed by atoms with Crippen molar-refractivity contribution in [3.05, 3.63) is 29.8 Å². The number of carbonyl (C=O) groups excluding carboxylic acids is 1. The normalized spacial score (nSPS) is 11.1. The Bertz CT molecular complexity index is 385. The van der Waals surface area contributed by atoms with Crippen molar-refractivity contribution >= 4 is 5.97 Å². The van der Waals surface area contributed by atoms with E-state index in [2.05, 4.69) is 4.74 Å². The van der Waals surface area contributed by atoms with Crippen LogP contribution in [0, 0.1) is 0 Å². The lowest BCUT2D eigenvalue weighted by Gasteiger charge is -2.09. The zero-order chi connectivity index (χ0) is 13.6. The fourth-order valence-electron chi connectivity index (χ4n) is 1.23. The number of alkyl halides is 3. The SMILES string of the molecule is CCCC(=O)OCc1ccc(OC(F)(F)F)cc1. The molecule has 0 fully saturated rings. The summed E-state index contributed by atoms with van der Waals surface area (Å²) in [7, 11) is 0. The molecule has 0 atom stereocenters. The maximum atomic E-state index is 11.9. The Morgan fingerprint density at radius 1 is 1.22 bits per heavy atom. The molecule has 0 unspecified atom stereocenters. The Morgan fingerprint density at radius 2 is 1.83 bits per heavy atom. The minimum Gasteiger partial charge on any atom is -0.461 e. The van der Waals surface area contributed by atoms with E-state index in [0.717, 1.165) is 0 Å². The monoisotopic (exact) mass is 262 g/mol. The van der Waals surface area contributed by atoms with E-state index < -0.39 is 6.36 Å². The van der Waals surface area contributed by atoms with Gasteiger partial charge in [0.2, 0.25) is 0 Å². The third kappa shape index (κ3) is 5.56. The first-order valence-corrected chi connectivity index (χ1v) is 5.41. The summed E-state index contributed by atoms with van der Waals surface area (Å²) in [6.07, 6.45) is -3.68. The molecule has 0 saturated carbocycles. The molecule has 0 bridgehead atoms. The Hall–Kier alpha value is -1.72. The van der Waals surface area contributed by atoms with Crippen molar-refractivity contribution in [2.24, 2.45) is 0 Å². The molecule has 0 N–H and O–H groups in total. The van der Waals surface area contributed by atoms with Gasteiger partial charge in [0, 0.05) is 6.42 Å². The number of benzene rings is 1. The Morgan fingerprint density at radius 3 is 2.33 bits per heavy atom. The van der Waals surface area contributed by atoms with Crippen molar-refractivity contribution in [3.8, 4) is 5.75 Å². The molecule has 0 amide bonds. The van der Waals surface area contributed by atoms with Crippen LogP contribution in [0.1, 0.15) is 25.3 Å². The first-order chi connectivity index (χ1) is 8.40. The molecular weight excluding hydrogens is 249 g/mol. The van der Waals surface area contributed by atoms with E-state index in [-0.39, 0.29) is 18.3 Å². The summed E-state index contributed by atoms with van der Waals surface area (Å²) >= 11 is 0. The van der Waals surface area contributed by atoms with Gasteiger partial charge in [0.05, 0.1) is 0 Å². The van der Waals surface area contributed by atoms with Crippen LogP contribution in [0.15, 0.2) is 24.3 Å². The van der Waals surface area contributed by atoms with Crippen molar-refractivity contribution in [1.29, 1.82) is 0 Å². The number of hydrogen-bond donors (Lipinski definition) is 0. The third-order valence-electron chi connectivity index (χ3n) is 2.01. The van der Waals surface area contributed by atoms with Gasteiger partial charge in [0.1, 0.15) is 12.4 Å². The van der Waals surface area contributed by atoms with Crippen LogP contribution < -0.4 is 4.74 Å². The highest BCUT2D eigenvalue weighted by Gasteiger charge is 2.30. The molecule has 0 aromatic heterocycles. The minimum atomic E-state index is -4.70. The van der Waals surface area contributed by atoms with E-state index in [1.54, 1.807) is 0 Å². The van der Waals surface area contributed by atoms with E-state index in [1.807, 2.05) is 6.92 Å². The third-order valence-corrected chi connectivity index (χ3v) is 2.01. The summed E-state index contributed by atoms with van der Waals surface area (Å²) in [4.78, 5) is 11.1. The molecule has 0 radical (unpaired) electrons. The second-order valence-corrected chi connectivity index (χ2v) is 3.60. The Balaban J connectivity index is 2.48. The van der Waals surface area contributed by atoms with Gasteiger partial charge in [-0.1, -0.05) is 19.1 Å². The average molecular weight is 262 g/mol. The predicted molar refractivity (Wildman–Crippen MR) is 57.8 cm³/mol. The summed E-state index contributed by atoms with van der Waals surface area (Å²) < 4.78 is 44.3. The van der Waals surface area contributed by atoms with Crippen LogP contribution >= 0.6 is 0 Å². The second-order valence-electron chi connectivity index (χ2n) is 3.60. The van der Waals surface area contributed by atoms with Gasteiger partial charge in [0.15, 0.2) is 0 Å². The number of rotatable bonds is 5. The van der Waals surface area contributed by atoms with Gasteiger partial charge in [0.25, 0.3) is 0 Å². The van der Waals surface area contributed by atoms with E-state index in [9.17, 15) is 18.0 Å². The largest absolute Gasteiger partial charge is 0.573 e. The molecular formula is C12H13F3O3. The lowest BCUT2D eigenvalue weighted by atomic mass is 10.2. The van der Waals surface area contributed by atoms with Crippen LogP contribution in [0.2, 0.25) is 0 Å². The quantitative estimate of drug-likeness (QED) is 0.762. The highest BCUT2D eigenvalue weighted by atomic mass is 19.4. The average Bonchev–Trinajstić information content (AvgIpc) is 2.26. The van der Waals surface area contributed by atoms with Crippen LogP contribution in [0.5, 0.6) is 5.75 Å². The highest BCUT2D eigenvalue weighted by molar-refractivity contribution is 5.69. The molecule has 0 heterocycles. The second kappa shape index (κ2) is 6.28. The van der Waals surface area contributed by atoms with Gasteiger partial charge in [-0.25, -0.2) is 0 Å². The molecule has 0 spiro atoms. The molecule has 100 valence electrons. The zero-order valence-corrected chi connectivity index (χ0v) is 9.79. The fourth-order valence-corrected chi connectivity index (χ4v) is 1.23. The lowest BCUT2D eigenvalue weighted by molar-refractivity contribution is -0.274. The summed E-state index contributed by atoms with van der Waals surface area (Å²) in [5.74, 6) is -0.626. The molecule has 1 rings (SSSR count). The maximum absolute atomic E-state index is 11.9. The van der Waals surface area contributed by atoms with Crippen LogP contribution in [-0.4, -0.2) is 12.3 Å². The van der Waals surface area contributed by atoms with Crippen LogP contribution in [0.25, 0.3) is 0 Å². The number of esters is 1. The molecule has 0 aliphatic rings. The van der Waals surface area contributed by atoms with Gasteiger partial charge in [-0.05, 0) is 24.1 Å². The van der Waals surface area contributed by atoms with Crippen molar-refractivity contribution in [1.82, 2.24) is 0 Å². The first kappa shape index (κ1) is 14.3. The smallest absolute Gasteiger partial charge is 0.461 e. The van der Waals surface area contributed by atoms with Crippen LogP contribution in [0.4, 0.5) is 13.2 Å². The Kier molecular flexibility index (Phi) is 5.00. The van der Waals surface area contributed by atoms with E-state index in [4.69, 9.17) is 4.74 Å². The van der Waals surface area contributed by atoms with Gasteiger partial charge in [-0.15, -0.1) is 13.2 Å². The number of ether oxygens (including phenoxy) is 2. The highest BCUT2D eigenvalue weighted by Crippen LogP contribution is 2.22. The molecule has 6 heteroatoms. The molecule has 3 nitrogen and oxygen atoms in total. The summed E-state index contributed by atoms with van der Waals surface area (Å²) in [6, 6.07) is 5.19. The summed E-state index contributed by atoms with van der Waals surface area (Å²) in [5, 5.41) is 0. The molecule has 1 aromatic rings. The van der Waals surface area contributed by atoms with Crippen molar-refractivity contribution in [2.75, 3.05) is 0 Å². The molecule has 0 aliphatic carbocycles. The van der Waals surface area contributed by atoms with Gasteiger partial charge in [-0.3, -0.25) is 4.79 Å². The fraction of sp³-hybridized carbons (Fsp3) is 0.417. The van der Waals surface area contributed by atoms with Crippen LogP contribution in [0.3, 0.4) is 0 Å². The molecule has 0 aliphatic heterocycles. The van der Waals surface area contributed by atoms with E-state index >= 15 is 0 Å². The molecule has 1 aromatic carbocycles. The Labute approximate surface area is 103 Å². The number of carbonyl (C=O) groups is 1. The van der Waals surface area contributed by atoms with Crippen LogP contribution in [-0.2, 0) is 16.1 Å². The molecule has 0 saturated heterocycles. The number of hydrogen-bond acceptors (Lipinski definition) is 3. The minimum absolute atomic E-state index is 0.0468. The zero-order valence-electron chi connectivity index (χ0n) is 9.79. The van der Waals surface area contributed by atoms with Gasteiger partial charge < -0.3 is 9.47 Å². The summed E-state index contributed by atoms with van der Waals surface area (Å²) in [5.41, 5.74) is 0.606. The van der Waals surface area contributed by atoms with Gasteiger partial charge >= 0.3 is 12.3 Å².